The van der Waals surface area contributed by atoms with E-state index in [4.69, 9.17) is 4.74 Å². The summed E-state index contributed by atoms with van der Waals surface area (Å²) in [5, 5.41) is 0. The van der Waals surface area contributed by atoms with Crippen molar-refractivity contribution in [3.63, 3.8) is 0 Å². The lowest BCUT2D eigenvalue weighted by Gasteiger charge is -2.15. The van der Waals surface area contributed by atoms with Gasteiger partial charge in [-0.15, -0.1) is 0 Å². The van der Waals surface area contributed by atoms with Crippen molar-refractivity contribution in [3.8, 4) is 5.75 Å². The summed E-state index contributed by atoms with van der Waals surface area (Å²) in [5.74, 6) is 0.720. The lowest BCUT2D eigenvalue weighted by atomic mass is 10.1. The SMILES string of the molecule is CCOc1ccc(C(C)NS(=O)(=O)c2ccc(S(C)(=O)=O)cc2)cc1. The molecule has 2 aromatic carbocycles. The van der Waals surface area contributed by atoms with E-state index in [1.165, 1.54) is 24.3 Å². The number of nitrogens with one attached hydrogen (secondary N) is 1. The molecule has 6 nitrogen and oxygen atoms in total. The van der Waals surface area contributed by atoms with Crippen molar-refractivity contribution in [2.24, 2.45) is 0 Å². The van der Waals surface area contributed by atoms with Gasteiger partial charge in [-0.2, -0.15) is 0 Å². The van der Waals surface area contributed by atoms with Crippen LogP contribution in [-0.4, -0.2) is 29.7 Å². The molecule has 0 bridgehead atoms. The molecule has 25 heavy (non-hydrogen) atoms. The fourth-order valence-electron chi connectivity index (χ4n) is 2.25. The Morgan fingerprint density at radius 3 is 1.92 bits per heavy atom. The molecule has 0 aliphatic rings. The standard InChI is InChI=1S/C17H21NO5S2/c1-4-23-15-7-5-14(6-8-15)13(2)18-25(21,22)17-11-9-16(10-12-17)24(3,19)20/h5-13,18H,4H2,1-3H3. The molecule has 0 aliphatic carbocycles. The Morgan fingerprint density at radius 2 is 1.44 bits per heavy atom. The van der Waals surface area contributed by atoms with E-state index in [1.54, 1.807) is 31.2 Å². The molecule has 136 valence electrons. The monoisotopic (exact) mass is 383 g/mol. The summed E-state index contributed by atoms with van der Waals surface area (Å²) in [5.41, 5.74) is 0.791. The molecular formula is C17H21NO5S2. The van der Waals surface area contributed by atoms with Crippen molar-refractivity contribution in [1.29, 1.82) is 0 Å². The Kier molecular flexibility index (Phi) is 5.87. The molecule has 0 radical (unpaired) electrons. The Bertz CT molecular complexity index is 918. The number of benzene rings is 2. The Morgan fingerprint density at radius 1 is 0.920 bits per heavy atom. The van der Waals surface area contributed by atoms with E-state index in [0.717, 1.165) is 17.6 Å². The van der Waals surface area contributed by atoms with Crippen molar-refractivity contribution in [3.05, 3.63) is 54.1 Å². The zero-order valence-electron chi connectivity index (χ0n) is 14.3. The predicted octanol–water partition coefficient (Wildman–Crippen LogP) is 2.53. The molecule has 0 saturated carbocycles. The molecule has 0 aliphatic heterocycles. The van der Waals surface area contributed by atoms with Crippen LogP contribution >= 0.6 is 0 Å². The second-order valence-corrected chi connectivity index (χ2v) is 9.32. The number of sulfonamides is 1. The van der Waals surface area contributed by atoms with Crippen LogP contribution in [0.4, 0.5) is 0 Å². The molecule has 2 aromatic rings. The molecule has 0 fully saturated rings. The maximum atomic E-state index is 12.5. The minimum absolute atomic E-state index is 0.0117. The first kappa shape index (κ1) is 19.4. The number of rotatable bonds is 7. The van der Waals surface area contributed by atoms with Crippen LogP contribution in [-0.2, 0) is 19.9 Å². The van der Waals surface area contributed by atoms with Gasteiger partial charge in [0.05, 0.1) is 16.4 Å². The highest BCUT2D eigenvalue weighted by Crippen LogP contribution is 2.21. The first-order valence-corrected chi connectivity index (χ1v) is 11.1. The molecule has 1 N–H and O–H groups in total. The maximum Gasteiger partial charge on any atom is 0.241 e. The van der Waals surface area contributed by atoms with E-state index < -0.39 is 25.9 Å². The van der Waals surface area contributed by atoms with Gasteiger partial charge in [-0.05, 0) is 55.8 Å². The van der Waals surface area contributed by atoms with Gasteiger partial charge in [-0.3, -0.25) is 0 Å². The van der Waals surface area contributed by atoms with Crippen LogP contribution in [0.5, 0.6) is 5.75 Å². The second-order valence-electron chi connectivity index (χ2n) is 5.59. The first-order valence-electron chi connectivity index (χ1n) is 7.68. The van der Waals surface area contributed by atoms with Gasteiger partial charge >= 0.3 is 0 Å². The quantitative estimate of drug-likeness (QED) is 0.793. The highest BCUT2D eigenvalue weighted by Gasteiger charge is 2.19. The summed E-state index contributed by atoms with van der Waals surface area (Å²) in [4.78, 5) is 0.0868. The molecule has 0 saturated heterocycles. The second kappa shape index (κ2) is 7.55. The lowest BCUT2D eigenvalue weighted by Crippen LogP contribution is -2.26. The molecule has 0 spiro atoms. The zero-order chi connectivity index (χ0) is 18.7. The van der Waals surface area contributed by atoms with Crippen LogP contribution in [0.2, 0.25) is 0 Å². The minimum atomic E-state index is -3.77. The smallest absolute Gasteiger partial charge is 0.241 e. The Labute approximate surface area is 148 Å². The molecule has 2 rings (SSSR count). The van der Waals surface area contributed by atoms with Gasteiger partial charge < -0.3 is 4.74 Å². The molecule has 0 amide bonds. The average Bonchev–Trinajstić information content (AvgIpc) is 2.55. The molecule has 0 aromatic heterocycles. The predicted molar refractivity (Wildman–Crippen MR) is 95.9 cm³/mol. The fourth-order valence-corrected chi connectivity index (χ4v) is 4.12. The molecule has 1 atom stereocenters. The van der Waals surface area contributed by atoms with Crippen LogP contribution in [0.3, 0.4) is 0 Å². The van der Waals surface area contributed by atoms with Crippen LogP contribution in [0, 0.1) is 0 Å². The van der Waals surface area contributed by atoms with E-state index >= 15 is 0 Å². The van der Waals surface area contributed by atoms with Crippen LogP contribution in [0.15, 0.2) is 58.3 Å². The van der Waals surface area contributed by atoms with Crippen molar-refractivity contribution in [1.82, 2.24) is 4.72 Å². The number of hydrogen-bond acceptors (Lipinski definition) is 5. The van der Waals surface area contributed by atoms with Gasteiger partial charge in [0.2, 0.25) is 10.0 Å². The number of ether oxygens (including phenoxy) is 1. The van der Waals surface area contributed by atoms with E-state index in [1.807, 2.05) is 6.92 Å². The van der Waals surface area contributed by atoms with E-state index in [0.29, 0.717) is 6.61 Å². The summed E-state index contributed by atoms with van der Waals surface area (Å²) in [7, 11) is -7.13. The van der Waals surface area contributed by atoms with Crippen LogP contribution in [0.25, 0.3) is 0 Å². The fraction of sp³-hybridized carbons (Fsp3) is 0.294. The minimum Gasteiger partial charge on any atom is -0.494 e. The third-order valence-corrected chi connectivity index (χ3v) is 6.27. The Balaban J connectivity index is 2.17. The molecule has 0 heterocycles. The van der Waals surface area contributed by atoms with Gasteiger partial charge in [-0.1, -0.05) is 12.1 Å². The molecule has 1 unspecified atom stereocenters. The van der Waals surface area contributed by atoms with Crippen molar-refractivity contribution < 1.29 is 21.6 Å². The summed E-state index contributed by atoms with van der Waals surface area (Å²) in [6.45, 7) is 4.18. The van der Waals surface area contributed by atoms with E-state index in [-0.39, 0.29) is 9.79 Å². The van der Waals surface area contributed by atoms with Gasteiger partial charge in [0, 0.05) is 12.3 Å². The first-order chi connectivity index (χ1) is 11.6. The largest absolute Gasteiger partial charge is 0.494 e. The lowest BCUT2D eigenvalue weighted by molar-refractivity contribution is 0.340. The van der Waals surface area contributed by atoms with Crippen molar-refractivity contribution >= 4 is 19.9 Å². The highest BCUT2D eigenvalue weighted by molar-refractivity contribution is 7.90. The topological polar surface area (TPSA) is 89.5 Å². The molecular weight excluding hydrogens is 362 g/mol. The summed E-state index contributed by atoms with van der Waals surface area (Å²) in [6, 6.07) is 11.8. The maximum absolute atomic E-state index is 12.5. The van der Waals surface area contributed by atoms with Crippen molar-refractivity contribution in [2.45, 2.75) is 29.7 Å². The number of hydrogen-bond donors (Lipinski definition) is 1. The highest BCUT2D eigenvalue weighted by atomic mass is 32.2. The van der Waals surface area contributed by atoms with Gasteiger partial charge in [0.15, 0.2) is 9.84 Å². The Hall–Kier alpha value is -1.90. The van der Waals surface area contributed by atoms with E-state index in [9.17, 15) is 16.8 Å². The summed E-state index contributed by atoms with van der Waals surface area (Å²) < 4.78 is 55.8. The van der Waals surface area contributed by atoms with Gasteiger partial charge in [0.1, 0.15) is 5.75 Å². The van der Waals surface area contributed by atoms with Crippen LogP contribution < -0.4 is 9.46 Å². The van der Waals surface area contributed by atoms with E-state index in [2.05, 4.69) is 4.72 Å². The molecule has 8 heteroatoms. The van der Waals surface area contributed by atoms with Gasteiger partial charge in [0.25, 0.3) is 0 Å². The van der Waals surface area contributed by atoms with Gasteiger partial charge in [-0.25, -0.2) is 21.6 Å². The van der Waals surface area contributed by atoms with Crippen LogP contribution in [0.1, 0.15) is 25.5 Å². The average molecular weight is 383 g/mol. The normalized spacial score (nSPS) is 13.4. The third kappa shape index (κ3) is 5.04. The van der Waals surface area contributed by atoms with Crippen molar-refractivity contribution in [2.75, 3.05) is 12.9 Å². The third-order valence-electron chi connectivity index (χ3n) is 3.59. The summed E-state index contributed by atoms with van der Waals surface area (Å²) >= 11 is 0. The zero-order valence-corrected chi connectivity index (χ0v) is 15.9. The number of sulfone groups is 1. The summed E-state index contributed by atoms with van der Waals surface area (Å²) in [6.07, 6.45) is 1.07.